The largest absolute Gasteiger partial charge is 0.381 e. The molecule has 134 valence electrons. The van der Waals surface area contributed by atoms with E-state index in [-0.39, 0.29) is 17.6 Å². The number of hydrogen-bond donors (Lipinski definition) is 2. The van der Waals surface area contributed by atoms with Crippen molar-refractivity contribution >= 4 is 6.03 Å². The van der Waals surface area contributed by atoms with Crippen LogP contribution >= 0.6 is 0 Å². The van der Waals surface area contributed by atoms with Gasteiger partial charge < -0.3 is 20.3 Å². The molecule has 2 aliphatic rings. The summed E-state index contributed by atoms with van der Waals surface area (Å²) in [5.41, 5.74) is -0.0134. The van der Waals surface area contributed by atoms with Crippen molar-refractivity contribution in [2.75, 3.05) is 53.0 Å². The number of rotatable bonds is 5. The third-order valence-electron chi connectivity index (χ3n) is 5.37. The predicted molar refractivity (Wildman–Crippen MR) is 92.7 cm³/mol. The predicted octanol–water partition coefficient (Wildman–Crippen LogP) is 1.13. The summed E-state index contributed by atoms with van der Waals surface area (Å²) in [6, 6.07) is 0.150. The van der Waals surface area contributed by atoms with Gasteiger partial charge in [0.2, 0.25) is 0 Å². The average Bonchev–Trinajstić information content (AvgIpc) is 2.54. The van der Waals surface area contributed by atoms with E-state index in [1.807, 2.05) is 0 Å². The van der Waals surface area contributed by atoms with Gasteiger partial charge in [0.1, 0.15) is 0 Å². The number of hydrogen-bond acceptors (Lipinski definition) is 4. The van der Waals surface area contributed by atoms with E-state index < -0.39 is 0 Å². The summed E-state index contributed by atoms with van der Waals surface area (Å²) in [6.07, 6.45) is 2.07. The van der Waals surface area contributed by atoms with Gasteiger partial charge in [0.15, 0.2) is 0 Å². The van der Waals surface area contributed by atoms with Gasteiger partial charge in [-0.05, 0) is 46.6 Å². The number of piperazine rings is 1. The molecule has 0 radical (unpaired) electrons. The van der Waals surface area contributed by atoms with Crippen molar-refractivity contribution in [3.63, 3.8) is 0 Å². The van der Waals surface area contributed by atoms with Crippen molar-refractivity contribution in [2.45, 2.75) is 45.2 Å². The summed E-state index contributed by atoms with van der Waals surface area (Å²) in [7, 11) is 2.16. The minimum Gasteiger partial charge on any atom is -0.381 e. The van der Waals surface area contributed by atoms with Crippen LogP contribution in [0.5, 0.6) is 0 Å². The standard InChI is InChI=1S/C17H34N4O2/c1-14(15-5-11-23-12-6-15)19-16(22)18-13-17(2,3)21-9-7-20(4)8-10-21/h14-15H,5-13H2,1-4H3,(H2,18,19,22)/t14-/m1/s1. The molecule has 0 aromatic heterocycles. The highest BCUT2D eigenvalue weighted by atomic mass is 16.5. The maximum Gasteiger partial charge on any atom is 0.315 e. The van der Waals surface area contributed by atoms with E-state index in [0.29, 0.717) is 12.5 Å². The van der Waals surface area contributed by atoms with Crippen LogP contribution in [0.2, 0.25) is 0 Å². The number of carbonyl (C=O) groups is 1. The van der Waals surface area contributed by atoms with Crippen molar-refractivity contribution in [1.29, 1.82) is 0 Å². The normalized spacial score (nSPS) is 23.5. The smallest absolute Gasteiger partial charge is 0.315 e. The lowest BCUT2D eigenvalue weighted by Gasteiger charge is -2.43. The molecule has 0 unspecified atom stereocenters. The molecule has 2 fully saturated rings. The minimum absolute atomic E-state index is 0.0134. The zero-order valence-electron chi connectivity index (χ0n) is 15.2. The average molecular weight is 326 g/mol. The van der Waals surface area contributed by atoms with E-state index in [9.17, 15) is 4.79 Å². The molecule has 2 heterocycles. The van der Waals surface area contributed by atoms with Gasteiger partial charge in [-0.2, -0.15) is 0 Å². The first-order valence-electron chi connectivity index (χ1n) is 8.94. The van der Waals surface area contributed by atoms with Gasteiger partial charge in [0.05, 0.1) is 0 Å². The maximum absolute atomic E-state index is 12.2. The molecule has 6 nitrogen and oxygen atoms in total. The van der Waals surface area contributed by atoms with Crippen molar-refractivity contribution < 1.29 is 9.53 Å². The third-order valence-corrected chi connectivity index (χ3v) is 5.37. The molecule has 23 heavy (non-hydrogen) atoms. The van der Waals surface area contributed by atoms with Crippen LogP contribution < -0.4 is 10.6 Å². The number of ether oxygens (including phenoxy) is 1. The van der Waals surface area contributed by atoms with Gasteiger partial charge in [0.25, 0.3) is 0 Å². The fourth-order valence-corrected chi connectivity index (χ4v) is 3.41. The number of likely N-dealkylation sites (N-methyl/N-ethyl adjacent to an activating group) is 1. The Morgan fingerprint density at radius 2 is 1.83 bits per heavy atom. The van der Waals surface area contributed by atoms with Crippen LogP contribution in [0.4, 0.5) is 4.79 Å². The monoisotopic (exact) mass is 326 g/mol. The third kappa shape index (κ3) is 5.62. The molecule has 2 aliphatic heterocycles. The maximum atomic E-state index is 12.2. The Labute approximate surface area is 140 Å². The molecule has 2 amide bonds. The lowest BCUT2D eigenvalue weighted by Crippen LogP contribution is -2.59. The molecule has 0 saturated carbocycles. The lowest BCUT2D eigenvalue weighted by atomic mass is 9.93. The molecule has 2 N–H and O–H groups in total. The molecule has 0 aromatic rings. The highest BCUT2D eigenvalue weighted by Crippen LogP contribution is 2.19. The zero-order chi connectivity index (χ0) is 16.9. The van der Waals surface area contributed by atoms with E-state index in [4.69, 9.17) is 4.74 Å². The van der Waals surface area contributed by atoms with E-state index in [1.165, 1.54) is 0 Å². The highest BCUT2D eigenvalue weighted by Gasteiger charge is 2.30. The quantitative estimate of drug-likeness (QED) is 0.795. The molecule has 0 bridgehead atoms. The number of amides is 2. The van der Waals surface area contributed by atoms with Crippen molar-refractivity contribution in [1.82, 2.24) is 20.4 Å². The molecule has 0 spiro atoms. The van der Waals surface area contributed by atoms with Crippen molar-refractivity contribution in [2.24, 2.45) is 5.92 Å². The Hall–Kier alpha value is -0.850. The first-order chi connectivity index (χ1) is 10.9. The van der Waals surface area contributed by atoms with Crippen LogP contribution in [0.25, 0.3) is 0 Å². The summed E-state index contributed by atoms with van der Waals surface area (Å²) in [4.78, 5) is 17.0. The second kappa shape index (κ2) is 8.31. The molecule has 2 rings (SSSR count). The second-order valence-electron chi connectivity index (χ2n) is 7.67. The van der Waals surface area contributed by atoms with Crippen molar-refractivity contribution in [3.8, 4) is 0 Å². The zero-order valence-corrected chi connectivity index (χ0v) is 15.2. The van der Waals surface area contributed by atoms with Gasteiger partial charge in [-0.1, -0.05) is 0 Å². The number of nitrogens with one attached hydrogen (secondary N) is 2. The second-order valence-corrected chi connectivity index (χ2v) is 7.67. The Balaban J connectivity index is 1.72. The van der Waals surface area contributed by atoms with E-state index >= 15 is 0 Å². The Morgan fingerprint density at radius 1 is 1.22 bits per heavy atom. The number of carbonyl (C=O) groups excluding carboxylic acids is 1. The minimum atomic E-state index is -0.0498. The van der Waals surface area contributed by atoms with Crippen LogP contribution in [0.1, 0.15) is 33.6 Å². The van der Waals surface area contributed by atoms with Gasteiger partial charge >= 0.3 is 6.03 Å². The first-order valence-corrected chi connectivity index (χ1v) is 8.94. The Morgan fingerprint density at radius 3 is 2.43 bits per heavy atom. The molecule has 1 atom stereocenters. The molecule has 6 heteroatoms. The number of nitrogens with zero attached hydrogens (tertiary/aromatic N) is 2. The fourth-order valence-electron chi connectivity index (χ4n) is 3.41. The Bertz CT molecular complexity index is 375. The summed E-state index contributed by atoms with van der Waals surface area (Å²) in [5.74, 6) is 0.528. The van der Waals surface area contributed by atoms with Gasteiger partial charge in [-0.3, -0.25) is 4.90 Å². The first kappa shape index (κ1) is 18.5. The van der Waals surface area contributed by atoms with Gasteiger partial charge in [-0.15, -0.1) is 0 Å². The van der Waals surface area contributed by atoms with E-state index in [2.05, 4.69) is 48.3 Å². The molecular weight excluding hydrogens is 292 g/mol. The van der Waals surface area contributed by atoms with Crippen LogP contribution in [-0.2, 0) is 4.74 Å². The molecule has 0 aromatic carbocycles. The number of urea groups is 1. The Kier molecular flexibility index (Phi) is 6.68. The summed E-state index contributed by atoms with van der Waals surface area (Å²) in [6.45, 7) is 13.1. The SMILES string of the molecule is C[C@@H](NC(=O)NCC(C)(C)N1CCN(C)CC1)C1CCOCC1. The van der Waals surface area contributed by atoms with Crippen LogP contribution in [0, 0.1) is 5.92 Å². The summed E-state index contributed by atoms with van der Waals surface area (Å²) < 4.78 is 5.38. The molecule has 2 saturated heterocycles. The van der Waals surface area contributed by atoms with Crippen molar-refractivity contribution in [3.05, 3.63) is 0 Å². The molecule has 0 aliphatic carbocycles. The topological polar surface area (TPSA) is 56.8 Å². The van der Waals surface area contributed by atoms with Crippen LogP contribution in [0.3, 0.4) is 0 Å². The highest BCUT2D eigenvalue weighted by molar-refractivity contribution is 5.74. The van der Waals surface area contributed by atoms with Crippen LogP contribution in [-0.4, -0.2) is 80.4 Å². The summed E-state index contributed by atoms with van der Waals surface area (Å²) >= 11 is 0. The van der Waals surface area contributed by atoms with Crippen LogP contribution in [0.15, 0.2) is 0 Å². The van der Waals surface area contributed by atoms with E-state index in [0.717, 1.165) is 52.2 Å². The van der Waals surface area contributed by atoms with Gasteiger partial charge in [0, 0.05) is 57.5 Å². The lowest BCUT2D eigenvalue weighted by molar-refractivity contribution is 0.0559. The fraction of sp³-hybridized carbons (Fsp3) is 0.941. The summed E-state index contributed by atoms with van der Waals surface area (Å²) in [5, 5.41) is 6.16. The molecular formula is C17H34N4O2. The van der Waals surface area contributed by atoms with Gasteiger partial charge in [-0.25, -0.2) is 4.79 Å². The van der Waals surface area contributed by atoms with E-state index in [1.54, 1.807) is 0 Å².